The number of nitrogens with zero attached hydrogens (tertiary/aromatic N) is 1. The van der Waals surface area contributed by atoms with E-state index in [1.807, 2.05) is 0 Å². The van der Waals surface area contributed by atoms with Crippen molar-refractivity contribution in [1.29, 1.82) is 0 Å². The van der Waals surface area contributed by atoms with Crippen LogP contribution in [0, 0.1) is 0 Å². The van der Waals surface area contributed by atoms with Crippen LogP contribution in [0.4, 0.5) is 0 Å². The number of benzene rings is 7. The van der Waals surface area contributed by atoms with Gasteiger partial charge in [-0.15, -0.1) is 0 Å². The topological polar surface area (TPSA) is 20.7 Å². The lowest BCUT2D eigenvalue weighted by atomic mass is 10.0. The molecule has 1 N–H and O–H groups in total. The summed E-state index contributed by atoms with van der Waals surface area (Å²) in [5, 5.41) is 5.03. The van der Waals surface area contributed by atoms with Crippen molar-refractivity contribution < 1.29 is 0 Å². The molecule has 206 valence electrons. The number of nitrogens with one attached hydrogen (secondary N) is 1. The Labute approximate surface area is 255 Å². The number of aromatic nitrogens is 2. The third-order valence-corrected chi connectivity index (χ3v) is 8.94. The zero-order valence-electron chi connectivity index (χ0n) is 24.0. The fourth-order valence-electron chi connectivity index (χ4n) is 6.75. The van der Waals surface area contributed by atoms with E-state index in [1.54, 1.807) is 0 Å². The minimum atomic E-state index is 1.15. The summed E-state index contributed by atoms with van der Waals surface area (Å²) in [5.41, 5.74) is 13.2. The van der Waals surface area contributed by atoms with Crippen molar-refractivity contribution in [3.05, 3.63) is 164 Å². The second-order valence-corrected chi connectivity index (χ2v) is 11.5. The molecule has 2 nitrogen and oxygen atoms in total. The van der Waals surface area contributed by atoms with Crippen molar-refractivity contribution in [1.82, 2.24) is 9.55 Å². The summed E-state index contributed by atoms with van der Waals surface area (Å²) in [6.45, 7) is 0. The van der Waals surface area contributed by atoms with Crippen LogP contribution in [-0.4, -0.2) is 9.55 Å². The van der Waals surface area contributed by atoms with Gasteiger partial charge in [-0.1, -0.05) is 109 Å². The van der Waals surface area contributed by atoms with Gasteiger partial charge in [0.2, 0.25) is 0 Å². The average Bonchev–Trinajstić information content (AvgIpc) is 3.64. The molecule has 0 bridgehead atoms. The lowest BCUT2D eigenvalue weighted by molar-refractivity contribution is 1.18. The summed E-state index contributed by atoms with van der Waals surface area (Å²) in [6.07, 6.45) is 0. The molecule has 9 rings (SSSR count). The summed E-state index contributed by atoms with van der Waals surface area (Å²) in [7, 11) is 0. The minimum Gasteiger partial charge on any atom is -0.355 e. The second-order valence-electron chi connectivity index (χ2n) is 11.5. The van der Waals surface area contributed by atoms with E-state index in [2.05, 4.69) is 173 Å². The molecule has 0 unspecified atom stereocenters. The first-order valence-electron chi connectivity index (χ1n) is 15.1. The minimum absolute atomic E-state index is 1.15. The molecule has 0 radical (unpaired) electrons. The van der Waals surface area contributed by atoms with Gasteiger partial charge in [0.25, 0.3) is 0 Å². The van der Waals surface area contributed by atoms with Gasteiger partial charge in [-0.25, -0.2) is 0 Å². The molecule has 9 aromatic rings. The lowest BCUT2D eigenvalue weighted by Crippen LogP contribution is -1.94. The first kappa shape index (κ1) is 24.7. The Kier molecular flexibility index (Phi) is 5.54. The van der Waals surface area contributed by atoms with E-state index in [4.69, 9.17) is 0 Å². The number of hydrogen-bond acceptors (Lipinski definition) is 0. The van der Waals surface area contributed by atoms with Crippen LogP contribution < -0.4 is 0 Å². The molecule has 0 aliphatic rings. The van der Waals surface area contributed by atoms with E-state index in [9.17, 15) is 0 Å². The third-order valence-electron chi connectivity index (χ3n) is 8.94. The molecule has 0 saturated carbocycles. The summed E-state index contributed by atoms with van der Waals surface area (Å²) in [5.74, 6) is 0. The maximum absolute atomic E-state index is 3.54. The molecule has 0 atom stereocenters. The monoisotopic (exact) mass is 560 g/mol. The van der Waals surface area contributed by atoms with Crippen molar-refractivity contribution in [2.24, 2.45) is 0 Å². The van der Waals surface area contributed by atoms with E-state index >= 15 is 0 Å². The van der Waals surface area contributed by atoms with Gasteiger partial charge in [0.1, 0.15) is 0 Å². The first-order chi connectivity index (χ1) is 21.8. The van der Waals surface area contributed by atoms with Crippen LogP contribution in [0.25, 0.3) is 82.7 Å². The predicted octanol–water partition coefficient (Wildman–Crippen LogP) is 11.4. The Morgan fingerprint density at radius 3 is 1.39 bits per heavy atom. The van der Waals surface area contributed by atoms with Crippen molar-refractivity contribution in [2.45, 2.75) is 0 Å². The smallest absolute Gasteiger partial charge is 0.0541 e. The summed E-state index contributed by atoms with van der Waals surface area (Å²) >= 11 is 0. The normalized spacial score (nSPS) is 11.6. The van der Waals surface area contributed by atoms with Crippen LogP contribution >= 0.6 is 0 Å². The largest absolute Gasteiger partial charge is 0.355 e. The maximum Gasteiger partial charge on any atom is 0.0541 e. The van der Waals surface area contributed by atoms with E-state index in [0.717, 1.165) is 5.69 Å². The number of fused-ring (bicyclic) bond motifs is 6. The van der Waals surface area contributed by atoms with Crippen molar-refractivity contribution in [2.75, 3.05) is 0 Å². The van der Waals surface area contributed by atoms with Crippen molar-refractivity contribution in [3.8, 4) is 39.1 Å². The van der Waals surface area contributed by atoms with Gasteiger partial charge in [-0.05, 0) is 88.0 Å². The molecular weight excluding hydrogens is 532 g/mol. The summed E-state index contributed by atoms with van der Waals surface area (Å²) < 4.78 is 2.40. The Bertz CT molecular complexity index is 2370. The number of hydrogen-bond donors (Lipinski definition) is 1. The molecular formula is C42H28N2. The van der Waals surface area contributed by atoms with Crippen LogP contribution in [0.1, 0.15) is 0 Å². The van der Waals surface area contributed by atoms with Gasteiger partial charge in [-0.3, -0.25) is 0 Å². The molecule has 44 heavy (non-hydrogen) atoms. The number of para-hydroxylation sites is 1. The number of aromatic amines is 1. The van der Waals surface area contributed by atoms with Gasteiger partial charge in [0.15, 0.2) is 0 Å². The van der Waals surface area contributed by atoms with Gasteiger partial charge < -0.3 is 9.55 Å². The molecule has 0 saturated heterocycles. The van der Waals surface area contributed by atoms with Crippen molar-refractivity contribution in [3.63, 3.8) is 0 Å². The summed E-state index contributed by atoms with van der Waals surface area (Å²) in [6, 6.07) is 59.3. The van der Waals surface area contributed by atoms with Gasteiger partial charge in [0.05, 0.1) is 11.0 Å². The van der Waals surface area contributed by atoms with Crippen LogP contribution in [0.5, 0.6) is 0 Å². The van der Waals surface area contributed by atoms with Crippen LogP contribution in [0.15, 0.2) is 164 Å². The highest BCUT2D eigenvalue weighted by atomic mass is 15.0. The first-order valence-corrected chi connectivity index (χ1v) is 15.1. The molecule has 0 amide bonds. The Morgan fingerprint density at radius 1 is 0.318 bits per heavy atom. The highest BCUT2D eigenvalue weighted by Gasteiger charge is 2.15. The third kappa shape index (κ3) is 3.96. The van der Waals surface area contributed by atoms with E-state index in [-0.39, 0.29) is 0 Å². The number of H-pyrrole nitrogens is 1. The zero-order valence-corrected chi connectivity index (χ0v) is 24.0. The predicted molar refractivity (Wildman–Crippen MR) is 186 cm³/mol. The van der Waals surface area contributed by atoms with E-state index in [1.165, 1.54) is 77.0 Å². The van der Waals surface area contributed by atoms with E-state index < -0.39 is 0 Å². The standard InChI is InChI=1S/C42H28N2/c1-3-9-28(10-4-1)32-18-23-41-37(26-32)38-27-33(29-11-5-2-6-12-29)19-24-42(38)44(41)34-20-15-30(16-21-34)31-17-22-40-36(25-31)35-13-7-8-14-39(35)43-40/h1-27,43H. The highest BCUT2D eigenvalue weighted by Crippen LogP contribution is 2.38. The maximum atomic E-state index is 3.54. The SMILES string of the molecule is c1ccc(-c2ccc3c(c2)c2cc(-c4ccccc4)ccc2n3-c2ccc(-c3ccc4[nH]c5ccccc5c4c3)cc2)cc1. The molecule has 2 heteroatoms. The zero-order chi connectivity index (χ0) is 29.0. The fraction of sp³-hybridized carbons (Fsp3) is 0. The number of rotatable bonds is 4. The Hall–Kier alpha value is -5.86. The quantitative estimate of drug-likeness (QED) is 0.221. The second kappa shape index (κ2) is 9.86. The molecule has 0 aliphatic carbocycles. The fourth-order valence-corrected chi connectivity index (χ4v) is 6.75. The van der Waals surface area contributed by atoms with E-state index in [0.29, 0.717) is 0 Å². The molecule has 0 fully saturated rings. The van der Waals surface area contributed by atoms with Crippen LogP contribution in [0.3, 0.4) is 0 Å². The van der Waals surface area contributed by atoms with Gasteiger partial charge in [0, 0.05) is 38.3 Å². The Balaban J connectivity index is 1.20. The van der Waals surface area contributed by atoms with Crippen LogP contribution in [-0.2, 0) is 0 Å². The van der Waals surface area contributed by atoms with Gasteiger partial charge in [-0.2, -0.15) is 0 Å². The van der Waals surface area contributed by atoms with Gasteiger partial charge >= 0.3 is 0 Å². The van der Waals surface area contributed by atoms with Crippen molar-refractivity contribution >= 4 is 43.6 Å². The summed E-state index contributed by atoms with van der Waals surface area (Å²) in [4.78, 5) is 3.54. The molecule has 0 aliphatic heterocycles. The average molecular weight is 561 g/mol. The molecule has 2 aromatic heterocycles. The lowest BCUT2D eigenvalue weighted by Gasteiger charge is -2.10. The Morgan fingerprint density at radius 2 is 0.773 bits per heavy atom. The molecule has 7 aromatic carbocycles. The highest BCUT2D eigenvalue weighted by molar-refractivity contribution is 6.12. The molecule has 0 spiro atoms. The van der Waals surface area contributed by atoms with Crippen LogP contribution in [0.2, 0.25) is 0 Å². The molecule has 2 heterocycles.